The van der Waals surface area contributed by atoms with Crippen LogP contribution in [0.25, 0.3) is 0 Å². The Hall–Kier alpha value is -1.06. The second kappa shape index (κ2) is 8.18. The number of rotatable bonds is 8. The summed E-state index contributed by atoms with van der Waals surface area (Å²) in [5, 5.41) is 12.8. The molecule has 2 N–H and O–H groups in total. The number of hydrogen-bond acceptors (Lipinski definition) is 3. The van der Waals surface area contributed by atoms with E-state index in [1.54, 1.807) is 7.11 Å². The number of methoxy groups -OCH3 is 1. The van der Waals surface area contributed by atoms with Crippen molar-refractivity contribution in [2.75, 3.05) is 13.7 Å². The molecule has 2 unspecified atom stereocenters. The zero-order valence-electron chi connectivity index (χ0n) is 12.5. The van der Waals surface area contributed by atoms with Gasteiger partial charge in [0.2, 0.25) is 0 Å². The number of aliphatic hydroxyl groups is 1. The first-order valence-corrected chi connectivity index (χ1v) is 7.06. The average Bonchev–Trinajstić information content (AvgIpc) is 2.42. The van der Waals surface area contributed by atoms with E-state index in [-0.39, 0.29) is 12.6 Å². The summed E-state index contributed by atoms with van der Waals surface area (Å²) in [5.74, 6) is 1.35. The fourth-order valence-electron chi connectivity index (χ4n) is 2.08. The van der Waals surface area contributed by atoms with Crippen molar-refractivity contribution in [3.63, 3.8) is 0 Å². The summed E-state index contributed by atoms with van der Waals surface area (Å²) in [6, 6.07) is 8.80. The topological polar surface area (TPSA) is 41.5 Å². The first-order chi connectivity index (χ1) is 9.06. The van der Waals surface area contributed by atoms with Crippen LogP contribution in [-0.2, 0) is 6.42 Å². The van der Waals surface area contributed by atoms with Gasteiger partial charge in [-0.2, -0.15) is 0 Å². The smallest absolute Gasteiger partial charge is 0.118 e. The zero-order chi connectivity index (χ0) is 14.3. The van der Waals surface area contributed by atoms with Gasteiger partial charge in [0.25, 0.3) is 0 Å². The maximum Gasteiger partial charge on any atom is 0.118 e. The molecule has 0 aliphatic rings. The summed E-state index contributed by atoms with van der Waals surface area (Å²) in [6.07, 6.45) is 2.10. The van der Waals surface area contributed by atoms with E-state index < -0.39 is 0 Å². The molecule has 19 heavy (non-hydrogen) atoms. The molecule has 108 valence electrons. The summed E-state index contributed by atoms with van der Waals surface area (Å²) < 4.78 is 5.15. The number of aliphatic hydroxyl groups excluding tert-OH is 1. The normalized spacial score (nSPS) is 14.4. The Kier molecular flexibility index (Phi) is 6.89. The van der Waals surface area contributed by atoms with Crippen LogP contribution in [0, 0.1) is 5.92 Å². The van der Waals surface area contributed by atoms with Gasteiger partial charge in [-0.25, -0.2) is 0 Å². The van der Waals surface area contributed by atoms with Crippen molar-refractivity contribution in [2.24, 2.45) is 5.92 Å². The SMILES string of the molecule is COc1ccc(CCC(C)NC(CO)C(C)C)cc1. The van der Waals surface area contributed by atoms with Crippen LogP contribution in [0.1, 0.15) is 32.8 Å². The lowest BCUT2D eigenvalue weighted by atomic mass is 10.0. The summed E-state index contributed by atoms with van der Waals surface area (Å²) in [5.41, 5.74) is 1.32. The molecule has 0 aromatic heterocycles. The molecule has 0 aliphatic heterocycles. The average molecular weight is 265 g/mol. The Labute approximate surface area is 117 Å². The third-order valence-electron chi connectivity index (χ3n) is 3.53. The Bertz CT molecular complexity index is 348. The number of ether oxygens (including phenoxy) is 1. The molecule has 0 amide bonds. The molecular formula is C16H27NO2. The molecule has 0 heterocycles. The van der Waals surface area contributed by atoms with E-state index in [1.807, 2.05) is 12.1 Å². The summed E-state index contributed by atoms with van der Waals surface area (Å²) in [7, 11) is 1.68. The number of hydrogen-bond donors (Lipinski definition) is 2. The van der Waals surface area contributed by atoms with Gasteiger partial charge < -0.3 is 15.2 Å². The van der Waals surface area contributed by atoms with Crippen LogP contribution >= 0.6 is 0 Å². The van der Waals surface area contributed by atoms with Crippen molar-refractivity contribution in [2.45, 2.75) is 45.7 Å². The number of aryl methyl sites for hydroxylation is 1. The molecule has 2 atom stereocenters. The van der Waals surface area contributed by atoms with E-state index in [9.17, 15) is 5.11 Å². The van der Waals surface area contributed by atoms with E-state index in [1.165, 1.54) is 5.56 Å². The van der Waals surface area contributed by atoms with Crippen molar-refractivity contribution >= 4 is 0 Å². The van der Waals surface area contributed by atoms with Crippen molar-refractivity contribution in [3.05, 3.63) is 29.8 Å². The lowest BCUT2D eigenvalue weighted by Crippen LogP contribution is -2.42. The molecule has 0 aliphatic carbocycles. The van der Waals surface area contributed by atoms with Crippen LogP contribution in [0.4, 0.5) is 0 Å². The molecule has 3 nitrogen and oxygen atoms in total. The Morgan fingerprint density at radius 2 is 1.79 bits per heavy atom. The van der Waals surface area contributed by atoms with Gasteiger partial charge in [-0.3, -0.25) is 0 Å². The molecule has 0 fully saturated rings. The van der Waals surface area contributed by atoms with Crippen LogP contribution in [0.5, 0.6) is 5.75 Å². The standard InChI is InChI=1S/C16H27NO2/c1-12(2)16(11-18)17-13(3)5-6-14-7-9-15(19-4)10-8-14/h7-10,12-13,16-18H,5-6,11H2,1-4H3. The van der Waals surface area contributed by atoms with Crippen LogP contribution in [-0.4, -0.2) is 30.9 Å². The molecule has 1 rings (SSSR count). The highest BCUT2D eigenvalue weighted by molar-refractivity contribution is 5.27. The van der Waals surface area contributed by atoms with Gasteiger partial charge in [0.15, 0.2) is 0 Å². The molecule has 0 saturated heterocycles. The predicted molar refractivity (Wildman–Crippen MR) is 79.6 cm³/mol. The van der Waals surface area contributed by atoms with Crippen LogP contribution in [0.3, 0.4) is 0 Å². The monoisotopic (exact) mass is 265 g/mol. The van der Waals surface area contributed by atoms with Crippen LogP contribution in [0.2, 0.25) is 0 Å². The molecule has 0 bridgehead atoms. The molecule has 1 aromatic rings. The highest BCUT2D eigenvalue weighted by Crippen LogP contribution is 2.13. The van der Waals surface area contributed by atoms with Crippen molar-refractivity contribution in [3.8, 4) is 5.75 Å². The number of nitrogens with one attached hydrogen (secondary N) is 1. The lowest BCUT2D eigenvalue weighted by molar-refractivity contribution is 0.199. The summed E-state index contributed by atoms with van der Waals surface area (Å²) in [4.78, 5) is 0. The van der Waals surface area contributed by atoms with Crippen molar-refractivity contribution < 1.29 is 9.84 Å². The molecule has 0 spiro atoms. The van der Waals surface area contributed by atoms with E-state index in [0.717, 1.165) is 18.6 Å². The van der Waals surface area contributed by atoms with Gasteiger partial charge in [-0.1, -0.05) is 26.0 Å². The van der Waals surface area contributed by atoms with E-state index in [2.05, 4.69) is 38.2 Å². The maximum atomic E-state index is 9.31. The fourth-order valence-corrected chi connectivity index (χ4v) is 2.08. The predicted octanol–water partition coefficient (Wildman–Crippen LogP) is 2.62. The van der Waals surface area contributed by atoms with Crippen molar-refractivity contribution in [1.29, 1.82) is 0 Å². The molecule has 0 radical (unpaired) electrons. The van der Waals surface area contributed by atoms with E-state index >= 15 is 0 Å². The van der Waals surface area contributed by atoms with Gasteiger partial charge in [-0.15, -0.1) is 0 Å². The van der Waals surface area contributed by atoms with Gasteiger partial charge in [0, 0.05) is 12.1 Å². The Morgan fingerprint density at radius 1 is 1.16 bits per heavy atom. The van der Waals surface area contributed by atoms with Gasteiger partial charge >= 0.3 is 0 Å². The maximum absolute atomic E-state index is 9.31. The van der Waals surface area contributed by atoms with Gasteiger partial charge in [0.1, 0.15) is 5.75 Å². The Morgan fingerprint density at radius 3 is 2.26 bits per heavy atom. The minimum atomic E-state index is 0.186. The van der Waals surface area contributed by atoms with E-state index in [0.29, 0.717) is 12.0 Å². The summed E-state index contributed by atoms with van der Waals surface area (Å²) in [6.45, 7) is 6.63. The Balaban J connectivity index is 2.38. The minimum absolute atomic E-state index is 0.186. The highest BCUT2D eigenvalue weighted by Gasteiger charge is 2.14. The molecule has 0 saturated carbocycles. The molecule has 1 aromatic carbocycles. The van der Waals surface area contributed by atoms with Crippen LogP contribution < -0.4 is 10.1 Å². The number of benzene rings is 1. The quantitative estimate of drug-likeness (QED) is 0.759. The van der Waals surface area contributed by atoms with Gasteiger partial charge in [0.05, 0.1) is 13.7 Å². The molecule has 3 heteroatoms. The van der Waals surface area contributed by atoms with Crippen LogP contribution in [0.15, 0.2) is 24.3 Å². The van der Waals surface area contributed by atoms with E-state index in [4.69, 9.17) is 4.74 Å². The third-order valence-corrected chi connectivity index (χ3v) is 3.53. The van der Waals surface area contributed by atoms with Gasteiger partial charge in [-0.05, 0) is 43.4 Å². The summed E-state index contributed by atoms with van der Waals surface area (Å²) >= 11 is 0. The fraction of sp³-hybridized carbons (Fsp3) is 0.625. The molecular weight excluding hydrogens is 238 g/mol. The minimum Gasteiger partial charge on any atom is -0.497 e. The first kappa shape index (κ1) is 16.0. The highest BCUT2D eigenvalue weighted by atomic mass is 16.5. The second-order valence-corrected chi connectivity index (χ2v) is 5.49. The second-order valence-electron chi connectivity index (χ2n) is 5.49. The largest absolute Gasteiger partial charge is 0.497 e. The zero-order valence-corrected chi connectivity index (χ0v) is 12.5. The third kappa shape index (κ3) is 5.62. The first-order valence-electron chi connectivity index (χ1n) is 7.06. The lowest BCUT2D eigenvalue weighted by Gasteiger charge is -2.24. The van der Waals surface area contributed by atoms with Crippen molar-refractivity contribution in [1.82, 2.24) is 5.32 Å².